The summed E-state index contributed by atoms with van der Waals surface area (Å²) in [5, 5.41) is 4.14. The van der Waals surface area contributed by atoms with Gasteiger partial charge in [-0.1, -0.05) is 72.4 Å². The van der Waals surface area contributed by atoms with Crippen molar-refractivity contribution in [3.63, 3.8) is 0 Å². The summed E-state index contributed by atoms with van der Waals surface area (Å²) in [7, 11) is -4.20. The van der Waals surface area contributed by atoms with Crippen molar-refractivity contribution in [3.05, 3.63) is 92.4 Å². The number of carbonyl (C=O) groups excluding carboxylic acids is 2. The van der Waals surface area contributed by atoms with E-state index in [-0.39, 0.29) is 23.4 Å². The number of nitrogens with one attached hydrogen (secondary N) is 1. The van der Waals surface area contributed by atoms with Crippen LogP contribution in [0.5, 0.6) is 0 Å². The van der Waals surface area contributed by atoms with Gasteiger partial charge in [0.1, 0.15) is 12.6 Å². The number of hydrogen-bond acceptors (Lipinski definition) is 4. The lowest BCUT2D eigenvalue weighted by Crippen LogP contribution is -2.53. The molecule has 1 N–H and O–H groups in total. The van der Waals surface area contributed by atoms with Crippen molar-refractivity contribution >= 4 is 62.3 Å². The Morgan fingerprint density at radius 2 is 1.50 bits per heavy atom. The smallest absolute Gasteiger partial charge is 0.264 e. The van der Waals surface area contributed by atoms with E-state index in [2.05, 4.69) is 5.32 Å². The van der Waals surface area contributed by atoms with E-state index >= 15 is 0 Å². The van der Waals surface area contributed by atoms with Crippen LogP contribution in [-0.4, -0.2) is 43.8 Å². The second-order valence-corrected chi connectivity index (χ2v) is 13.4. The lowest BCUT2D eigenvalue weighted by molar-refractivity contribution is -0.140. The summed E-state index contributed by atoms with van der Waals surface area (Å²) in [6, 6.07) is 15.1. The summed E-state index contributed by atoms with van der Waals surface area (Å²) < 4.78 is 29.2. The monoisotopic (exact) mass is 651 g/mol. The number of amides is 2. The summed E-state index contributed by atoms with van der Waals surface area (Å²) in [6.45, 7) is 8.63. The third-order valence-corrected chi connectivity index (χ3v) is 9.65. The number of nitrogens with zero attached hydrogens (tertiary/aromatic N) is 2. The summed E-state index contributed by atoms with van der Waals surface area (Å²) >= 11 is 18.8. The first-order valence-corrected chi connectivity index (χ1v) is 16.2. The van der Waals surface area contributed by atoms with E-state index in [0.717, 1.165) is 9.87 Å². The van der Waals surface area contributed by atoms with Crippen molar-refractivity contribution in [1.29, 1.82) is 0 Å². The van der Waals surface area contributed by atoms with Gasteiger partial charge in [-0.25, -0.2) is 8.42 Å². The Hall–Kier alpha value is -2.78. The van der Waals surface area contributed by atoms with Gasteiger partial charge < -0.3 is 10.2 Å². The van der Waals surface area contributed by atoms with E-state index < -0.39 is 28.5 Å². The molecular weight excluding hydrogens is 617 g/mol. The Kier molecular flexibility index (Phi) is 11.7. The Labute approximate surface area is 263 Å². The fourth-order valence-corrected chi connectivity index (χ4v) is 6.62. The maximum atomic E-state index is 14.2. The number of carbonyl (C=O) groups is 2. The molecule has 11 heteroatoms. The lowest BCUT2D eigenvalue weighted by Gasteiger charge is -2.34. The Morgan fingerprint density at radius 3 is 2.07 bits per heavy atom. The van der Waals surface area contributed by atoms with Crippen molar-refractivity contribution in [1.82, 2.24) is 10.2 Å². The number of anilines is 1. The van der Waals surface area contributed by atoms with Crippen LogP contribution in [0.4, 0.5) is 5.69 Å². The first-order valence-electron chi connectivity index (χ1n) is 13.7. The number of hydrogen-bond donors (Lipinski definition) is 1. The van der Waals surface area contributed by atoms with E-state index in [9.17, 15) is 18.0 Å². The topological polar surface area (TPSA) is 86.8 Å². The van der Waals surface area contributed by atoms with Crippen molar-refractivity contribution in [2.45, 2.75) is 71.0 Å². The van der Waals surface area contributed by atoms with E-state index in [4.69, 9.17) is 34.8 Å². The van der Waals surface area contributed by atoms with Crippen LogP contribution in [0, 0.1) is 13.8 Å². The predicted molar refractivity (Wildman–Crippen MR) is 171 cm³/mol. The first-order chi connectivity index (χ1) is 19.8. The van der Waals surface area contributed by atoms with E-state index in [1.54, 1.807) is 62.4 Å². The van der Waals surface area contributed by atoms with E-state index in [1.165, 1.54) is 17.0 Å². The first kappa shape index (κ1) is 33.7. The normalized spacial score (nSPS) is 12.9. The predicted octanol–water partition coefficient (Wildman–Crippen LogP) is 7.18. The molecule has 0 spiro atoms. The molecule has 0 heterocycles. The van der Waals surface area contributed by atoms with Crippen LogP contribution < -0.4 is 9.62 Å². The summed E-state index contributed by atoms with van der Waals surface area (Å²) in [5.74, 6) is -0.905. The third kappa shape index (κ3) is 8.19. The minimum atomic E-state index is -4.20. The van der Waals surface area contributed by atoms with Gasteiger partial charge in [0, 0.05) is 27.7 Å². The molecule has 0 radical (unpaired) electrons. The minimum Gasteiger partial charge on any atom is -0.352 e. The summed E-state index contributed by atoms with van der Waals surface area (Å²) in [4.78, 5) is 29.1. The molecule has 0 aliphatic heterocycles. The van der Waals surface area contributed by atoms with E-state index in [0.29, 0.717) is 44.7 Å². The van der Waals surface area contributed by atoms with Crippen LogP contribution in [0.15, 0.2) is 65.6 Å². The summed E-state index contributed by atoms with van der Waals surface area (Å²) in [5.41, 5.74) is 2.33. The molecule has 2 amide bonds. The van der Waals surface area contributed by atoms with Crippen molar-refractivity contribution in [3.8, 4) is 0 Å². The molecule has 2 atom stereocenters. The zero-order chi connectivity index (χ0) is 31.2. The number of rotatable bonds is 12. The highest BCUT2D eigenvalue weighted by molar-refractivity contribution is 7.92. The lowest BCUT2D eigenvalue weighted by atomic mass is 10.1. The molecule has 0 fully saturated rings. The number of benzene rings is 3. The molecule has 0 unspecified atom stereocenters. The van der Waals surface area contributed by atoms with Gasteiger partial charge in [-0.15, -0.1) is 0 Å². The molecular formula is C31H36Cl3N3O4S. The number of halogens is 3. The maximum Gasteiger partial charge on any atom is 0.264 e. The average Bonchev–Trinajstić information content (AvgIpc) is 2.93. The molecule has 3 rings (SSSR count). The highest BCUT2D eigenvalue weighted by atomic mass is 35.5. The van der Waals surface area contributed by atoms with Crippen LogP contribution in [0.25, 0.3) is 0 Å². The molecule has 3 aromatic rings. The van der Waals surface area contributed by atoms with E-state index in [1.807, 2.05) is 20.8 Å². The zero-order valence-corrected chi connectivity index (χ0v) is 27.4. The average molecular weight is 653 g/mol. The van der Waals surface area contributed by atoms with Gasteiger partial charge in [-0.2, -0.15) is 0 Å². The Balaban J connectivity index is 2.12. The second kappa shape index (κ2) is 14.6. The van der Waals surface area contributed by atoms with Crippen molar-refractivity contribution in [2.24, 2.45) is 0 Å². The molecule has 0 aromatic heterocycles. The number of sulfonamides is 1. The van der Waals surface area contributed by atoms with Crippen LogP contribution in [0.1, 0.15) is 50.3 Å². The molecule has 0 bridgehead atoms. The van der Waals surface area contributed by atoms with Crippen molar-refractivity contribution < 1.29 is 18.0 Å². The molecule has 0 saturated carbocycles. The Bertz CT molecular complexity index is 1530. The van der Waals surface area contributed by atoms with Gasteiger partial charge in [-0.3, -0.25) is 13.9 Å². The molecule has 7 nitrogen and oxygen atoms in total. The van der Waals surface area contributed by atoms with Crippen LogP contribution in [0.2, 0.25) is 15.1 Å². The van der Waals surface area contributed by atoms with Gasteiger partial charge in [-0.05, 0) is 87.2 Å². The quantitative estimate of drug-likeness (QED) is 0.225. The Morgan fingerprint density at radius 1 is 0.881 bits per heavy atom. The molecule has 226 valence electrons. The van der Waals surface area contributed by atoms with Gasteiger partial charge in [0.15, 0.2) is 0 Å². The molecule has 0 aliphatic rings. The fourth-order valence-electron chi connectivity index (χ4n) is 4.44. The largest absolute Gasteiger partial charge is 0.352 e. The highest BCUT2D eigenvalue weighted by Crippen LogP contribution is 2.30. The second-order valence-electron chi connectivity index (χ2n) is 10.3. The van der Waals surface area contributed by atoms with Gasteiger partial charge in [0.05, 0.1) is 10.6 Å². The van der Waals surface area contributed by atoms with Gasteiger partial charge in [0.25, 0.3) is 10.0 Å². The standard InChI is InChI=1S/C31H36Cl3N3O4S/c1-6-22(5)35-31(39)28(7-2)36(18-23-10-11-25(33)17-27(23)34)30(38)19-37(29-15-12-24(32)16-21(29)4)42(40,41)26-13-8-20(3)9-14-26/h8-17,22,28H,6-7,18-19H2,1-5H3,(H,35,39)/t22-,28+/m1/s1. The third-order valence-electron chi connectivity index (χ3n) is 7.06. The molecule has 3 aromatic carbocycles. The fraction of sp³-hybridized carbons (Fsp3) is 0.355. The highest BCUT2D eigenvalue weighted by Gasteiger charge is 2.34. The minimum absolute atomic E-state index is 0.0285. The van der Waals surface area contributed by atoms with Gasteiger partial charge >= 0.3 is 0 Å². The maximum absolute atomic E-state index is 14.2. The SMILES string of the molecule is CC[C@@H](C)NC(=O)[C@H](CC)N(Cc1ccc(Cl)cc1Cl)C(=O)CN(c1ccc(Cl)cc1C)S(=O)(=O)c1ccc(C)cc1. The van der Waals surface area contributed by atoms with Crippen LogP contribution in [-0.2, 0) is 26.2 Å². The number of aryl methyl sites for hydroxylation is 2. The summed E-state index contributed by atoms with van der Waals surface area (Å²) in [6.07, 6.45) is 1.00. The van der Waals surface area contributed by atoms with Gasteiger partial charge in [0.2, 0.25) is 11.8 Å². The molecule has 0 aliphatic carbocycles. The van der Waals surface area contributed by atoms with Crippen LogP contribution >= 0.6 is 34.8 Å². The molecule has 42 heavy (non-hydrogen) atoms. The van der Waals surface area contributed by atoms with Crippen molar-refractivity contribution in [2.75, 3.05) is 10.8 Å². The zero-order valence-electron chi connectivity index (χ0n) is 24.3. The van der Waals surface area contributed by atoms with Crippen LogP contribution in [0.3, 0.4) is 0 Å². The molecule has 0 saturated heterocycles.